The predicted molar refractivity (Wildman–Crippen MR) is 53.6 cm³/mol. The molecule has 0 unspecified atom stereocenters. The van der Waals surface area contributed by atoms with E-state index in [2.05, 4.69) is 10.1 Å². The molecule has 0 atom stereocenters. The molecule has 0 saturated carbocycles. The highest BCUT2D eigenvalue weighted by molar-refractivity contribution is 5.37. The van der Waals surface area contributed by atoms with Gasteiger partial charge in [0.2, 0.25) is 0 Å². The van der Waals surface area contributed by atoms with E-state index in [-0.39, 0.29) is 5.60 Å². The molecule has 1 N–H and O–H groups in total. The molecule has 3 heteroatoms. The van der Waals surface area contributed by atoms with E-state index in [9.17, 15) is 4.79 Å². The van der Waals surface area contributed by atoms with Crippen LogP contribution in [0, 0.1) is 0 Å². The second kappa shape index (κ2) is 6.89. The molecule has 0 spiro atoms. The van der Waals surface area contributed by atoms with Crippen LogP contribution in [0.1, 0.15) is 40.0 Å². The fourth-order valence-corrected chi connectivity index (χ4v) is 0.946. The number of carbonyl (C=O) groups excluding carboxylic acids is 1. The van der Waals surface area contributed by atoms with E-state index >= 15 is 0 Å². The van der Waals surface area contributed by atoms with Gasteiger partial charge in [-0.3, -0.25) is 4.79 Å². The summed E-state index contributed by atoms with van der Waals surface area (Å²) in [4.78, 5) is 9.60. The van der Waals surface area contributed by atoms with E-state index < -0.39 is 0 Å². The number of rotatable bonds is 1. The number of piperidine rings is 1. The molecule has 0 aromatic rings. The van der Waals surface area contributed by atoms with Gasteiger partial charge in [-0.15, -0.1) is 0 Å². The van der Waals surface area contributed by atoms with Crippen LogP contribution in [0.4, 0.5) is 0 Å². The second-order valence-corrected chi connectivity index (χ2v) is 4.14. The van der Waals surface area contributed by atoms with Crippen molar-refractivity contribution in [1.29, 1.82) is 0 Å². The van der Waals surface area contributed by atoms with Crippen LogP contribution >= 0.6 is 0 Å². The second-order valence-electron chi connectivity index (χ2n) is 4.14. The molecule has 78 valence electrons. The molecule has 13 heavy (non-hydrogen) atoms. The monoisotopic (exact) mass is 187 g/mol. The van der Waals surface area contributed by atoms with Gasteiger partial charge in [-0.2, -0.15) is 0 Å². The first-order valence-electron chi connectivity index (χ1n) is 4.88. The summed E-state index contributed by atoms with van der Waals surface area (Å²) in [6, 6.07) is 0. The average molecular weight is 187 g/mol. The molecule has 1 heterocycles. The Kier molecular flexibility index (Phi) is 6.59. The summed E-state index contributed by atoms with van der Waals surface area (Å²) < 4.78 is 4.55. The number of nitrogens with one attached hydrogen (secondary N) is 1. The quantitative estimate of drug-likeness (QED) is 0.635. The Morgan fingerprint density at radius 2 is 1.69 bits per heavy atom. The van der Waals surface area contributed by atoms with Gasteiger partial charge in [-0.1, -0.05) is 6.42 Å². The first-order chi connectivity index (χ1) is 6.06. The smallest absolute Gasteiger partial charge is 0.293 e. The maximum Gasteiger partial charge on any atom is 0.293 e. The molecular formula is C10H21NO2. The van der Waals surface area contributed by atoms with Crippen LogP contribution in [0.3, 0.4) is 0 Å². The summed E-state index contributed by atoms with van der Waals surface area (Å²) in [5, 5.41) is 3.28. The zero-order chi connectivity index (χ0) is 10.2. The van der Waals surface area contributed by atoms with Crippen LogP contribution < -0.4 is 5.32 Å². The van der Waals surface area contributed by atoms with Crippen molar-refractivity contribution in [2.45, 2.75) is 45.6 Å². The van der Waals surface area contributed by atoms with Gasteiger partial charge in [0.15, 0.2) is 0 Å². The van der Waals surface area contributed by atoms with Crippen molar-refractivity contribution in [1.82, 2.24) is 5.32 Å². The third-order valence-electron chi connectivity index (χ3n) is 1.61. The Labute approximate surface area is 80.8 Å². The number of hydrogen-bond donors (Lipinski definition) is 1. The van der Waals surface area contributed by atoms with Crippen LogP contribution in [-0.4, -0.2) is 25.2 Å². The Morgan fingerprint density at radius 3 is 1.77 bits per heavy atom. The molecule has 1 rings (SSSR count). The highest BCUT2D eigenvalue weighted by Crippen LogP contribution is 2.02. The molecule has 0 aromatic heterocycles. The van der Waals surface area contributed by atoms with Crippen molar-refractivity contribution in [3.63, 3.8) is 0 Å². The molecule has 1 aliphatic rings. The highest BCUT2D eigenvalue weighted by atomic mass is 16.5. The summed E-state index contributed by atoms with van der Waals surface area (Å²) in [5.41, 5.74) is -0.318. The number of ether oxygens (including phenoxy) is 1. The van der Waals surface area contributed by atoms with Gasteiger partial charge in [0.25, 0.3) is 6.47 Å². The Hall–Kier alpha value is -0.570. The van der Waals surface area contributed by atoms with Crippen molar-refractivity contribution in [2.75, 3.05) is 13.1 Å². The maximum atomic E-state index is 9.60. The molecule has 0 aromatic carbocycles. The summed E-state index contributed by atoms with van der Waals surface area (Å²) >= 11 is 0. The lowest BCUT2D eigenvalue weighted by Gasteiger charge is -2.14. The normalized spacial score (nSPS) is 16.8. The summed E-state index contributed by atoms with van der Waals surface area (Å²) in [6.45, 7) is 8.42. The molecule has 0 bridgehead atoms. The standard InChI is InChI=1S/C5H11N.C5H10O2/c1-2-4-6-5-3-1;1-5(2,3)7-4-6/h6H,1-5H2;4H,1-3H3. The van der Waals surface area contributed by atoms with Crippen LogP contribution in [0.5, 0.6) is 0 Å². The molecule has 1 aliphatic heterocycles. The fourth-order valence-electron chi connectivity index (χ4n) is 0.946. The minimum Gasteiger partial charge on any atom is -0.462 e. The summed E-state index contributed by atoms with van der Waals surface area (Å²) in [7, 11) is 0. The Bertz CT molecular complexity index is 114. The zero-order valence-electron chi connectivity index (χ0n) is 8.93. The molecular weight excluding hydrogens is 166 g/mol. The Morgan fingerprint density at radius 1 is 1.15 bits per heavy atom. The van der Waals surface area contributed by atoms with Crippen LogP contribution in [0.2, 0.25) is 0 Å². The first kappa shape index (κ1) is 12.4. The minimum atomic E-state index is -0.318. The average Bonchev–Trinajstić information content (AvgIpc) is 2.06. The summed E-state index contributed by atoms with van der Waals surface area (Å²) in [5.74, 6) is 0. The third-order valence-corrected chi connectivity index (χ3v) is 1.61. The predicted octanol–water partition coefficient (Wildman–Crippen LogP) is 1.72. The van der Waals surface area contributed by atoms with E-state index in [1.807, 2.05) is 20.8 Å². The van der Waals surface area contributed by atoms with Crippen molar-refractivity contribution in [3.05, 3.63) is 0 Å². The lowest BCUT2D eigenvalue weighted by atomic mass is 10.2. The van der Waals surface area contributed by atoms with Gasteiger partial charge in [0.05, 0.1) is 0 Å². The van der Waals surface area contributed by atoms with Crippen molar-refractivity contribution < 1.29 is 9.53 Å². The SMILES string of the molecule is C1CCNCC1.CC(C)(C)OC=O. The van der Waals surface area contributed by atoms with Gasteiger partial charge in [-0.05, 0) is 46.7 Å². The van der Waals surface area contributed by atoms with Crippen molar-refractivity contribution >= 4 is 6.47 Å². The molecule has 0 radical (unpaired) electrons. The topological polar surface area (TPSA) is 38.3 Å². The third kappa shape index (κ3) is 11.4. The highest BCUT2D eigenvalue weighted by Gasteiger charge is 2.07. The molecule has 1 saturated heterocycles. The van der Waals surface area contributed by atoms with E-state index in [4.69, 9.17) is 0 Å². The summed E-state index contributed by atoms with van der Waals surface area (Å²) in [6.07, 6.45) is 4.22. The van der Waals surface area contributed by atoms with E-state index in [0.717, 1.165) is 0 Å². The van der Waals surface area contributed by atoms with Crippen LogP contribution in [0.15, 0.2) is 0 Å². The van der Waals surface area contributed by atoms with Gasteiger partial charge < -0.3 is 10.1 Å². The van der Waals surface area contributed by atoms with Gasteiger partial charge in [0.1, 0.15) is 5.60 Å². The first-order valence-corrected chi connectivity index (χ1v) is 4.88. The van der Waals surface area contributed by atoms with Gasteiger partial charge >= 0.3 is 0 Å². The van der Waals surface area contributed by atoms with Crippen molar-refractivity contribution in [3.8, 4) is 0 Å². The lowest BCUT2D eigenvalue weighted by molar-refractivity contribution is -0.138. The molecule has 0 aliphatic carbocycles. The fraction of sp³-hybridized carbons (Fsp3) is 0.900. The molecule has 0 amide bonds. The van der Waals surface area contributed by atoms with E-state index in [0.29, 0.717) is 6.47 Å². The Balaban J connectivity index is 0.000000223. The van der Waals surface area contributed by atoms with Crippen molar-refractivity contribution in [2.24, 2.45) is 0 Å². The van der Waals surface area contributed by atoms with E-state index in [1.54, 1.807) is 0 Å². The van der Waals surface area contributed by atoms with Gasteiger partial charge in [0, 0.05) is 0 Å². The molecule has 3 nitrogen and oxygen atoms in total. The van der Waals surface area contributed by atoms with Gasteiger partial charge in [-0.25, -0.2) is 0 Å². The van der Waals surface area contributed by atoms with Crippen LogP contribution in [0.25, 0.3) is 0 Å². The van der Waals surface area contributed by atoms with E-state index in [1.165, 1.54) is 32.4 Å². The minimum absolute atomic E-state index is 0.318. The number of hydrogen-bond acceptors (Lipinski definition) is 3. The molecule has 1 fully saturated rings. The van der Waals surface area contributed by atoms with Crippen LogP contribution in [-0.2, 0) is 9.53 Å². The largest absolute Gasteiger partial charge is 0.462 e. The maximum absolute atomic E-state index is 9.60. The number of carbonyl (C=O) groups is 1. The zero-order valence-corrected chi connectivity index (χ0v) is 8.93. The lowest BCUT2D eigenvalue weighted by Crippen LogP contribution is -2.21.